The highest BCUT2D eigenvalue weighted by Gasteiger charge is 2.41. The summed E-state index contributed by atoms with van der Waals surface area (Å²) in [6, 6.07) is 9.75. The smallest absolute Gasteiger partial charge is 0.118 e. The van der Waals surface area contributed by atoms with Crippen LogP contribution in [0.15, 0.2) is 30.3 Å². The molecule has 1 atom stereocenters. The van der Waals surface area contributed by atoms with Crippen molar-refractivity contribution in [3.8, 4) is 0 Å². The third-order valence-electron chi connectivity index (χ3n) is 2.90. The van der Waals surface area contributed by atoms with E-state index in [2.05, 4.69) is 0 Å². The van der Waals surface area contributed by atoms with Crippen LogP contribution in [0.1, 0.15) is 26.3 Å². The summed E-state index contributed by atoms with van der Waals surface area (Å²) in [6.07, 6.45) is 0. The second kappa shape index (κ2) is 3.71. The first-order chi connectivity index (χ1) is 6.42. The third-order valence-corrected chi connectivity index (χ3v) is 2.90. The Kier molecular flexibility index (Phi) is 2.98. The Balaban J connectivity index is 3.15. The molecule has 0 spiro atoms. The maximum absolute atomic E-state index is 10.1. The molecule has 1 aromatic rings. The van der Waals surface area contributed by atoms with E-state index in [0.717, 1.165) is 5.56 Å². The second-order valence-electron chi connectivity index (χ2n) is 4.16. The largest absolute Gasteiger partial charge is 0.387 e. The van der Waals surface area contributed by atoms with E-state index in [4.69, 9.17) is 4.74 Å². The van der Waals surface area contributed by atoms with Gasteiger partial charge in [0.05, 0.1) is 5.60 Å². The van der Waals surface area contributed by atoms with Gasteiger partial charge in [-0.25, -0.2) is 0 Å². The van der Waals surface area contributed by atoms with Crippen molar-refractivity contribution in [2.45, 2.75) is 32.0 Å². The van der Waals surface area contributed by atoms with Crippen LogP contribution in [0.3, 0.4) is 0 Å². The highest BCUT2D eigenvalue weighted by molar-refractivity contribution is 5.24. The molecule has 0 heterocycles. The molecule has 1 rings (SSSR count). The summed E-state index contributed by atoms with van der Waals surface area (Å²) in [5.41, 5.74) is -0.604. The van der Waals surface area contributed by atoms with Crippen LogP contribution in [0, 0.1) is 0 Å². The van der Waals surface area contributed by atoms with Crippen molar-refractivity contribution in [1.29, 1.82) is 0 Å². The molecule has 0 bridgehead atoms. The maximum atomic E-state index is 10.1. The summed E-state index contributed by atoms with van der Waals surface area (Å²) < 4.78 is 5.44. The lowest BCUT2D eigenvalue weighted by Crippen LogP contribution is -2.46. The van der Waals surface area contributed by atoms with Crippen LogP contribution >= 0.6 is 0 Å². The van der Waals surface area contributed by atoms with E-state index in [1.807, 2.05) is 37.3 Å². The number of benzene rings is 1. The zero-order valence-electron chi connectivity index (χ0n) is 9.24. The van der Waals surface area contributed by atoms with Gasteiger partial charge in [0.1, 0.15) is 5.60 Å². The van der Waals surface area contributed by atoms with Gasteiger partial charge in [-0.15, -0.1) is 0 Å². The summed E-state index contributed by atoms with van der Waals surface area (Å²) in [4.78, 5) is 0. The van der Waals surface area contributed by atoms with Gasteiger partial charge in [0.2, 0.25) is 0 Å². The molecular weight excluding hydrogens is 176 g/mol. The van der Waals surface area contributed by atoms with Crippen molar-refractivity contribution in [2.24, 2.45) is 0 Å². The number of hydrogen-bond donors (Lipinski definition) is 1. The van der Waals surface area contributed by atoms with Gasteiger partial charge in [-0.3, -0.25) is 0 Å². The summed E-state index contributed by atoms with van der Waals surface area (Å²) in [6.45, 7) is 5.40. The van der Waals surface area contributed by atoms with Gasteiger partial charge in [-0.05, 0) is 26.3 Å². The third kappa shape index (κ3) is 1.81. The number of rotatable bonds is 3. The molecule has 0 radical (unpaired) electrons. The first-order valence-corrected chi connectivity index (χ1v) is 4.75. The number of aliphatic hydroxyl groups is 1. The summed E-state index contributed by atoms with van der Waals surface area (Å²) in [5, 5.41) is 10.1. The van der Waals surface area contributed by atoms with Gasteiger partial charge < -0.3 is 9.84 Å². The quantitative estimate of drug-likeness (QED) is 0.800. The van der Waals surface area contributed by atoms with E-state index in [1.165, 1.54) is 0 Å². The first kappa shape index (κ1) is 11.2. The van der Waals surface area contributed by atoms with Gasteiger partial charge >= 0.3 is 0 Å². The second-order valence-corrected chi connectivity index (χ2v) is 4.16. The molecule has 0 saturated heterocycles. The minimum atomic E-state index is -0.914. The Hall–Kier alpha value is -0.860. The lowest BCUT2D eigenvalue weighted by Gasteiger charge is -2.39. The molecule has 0 saturated carbocycles. The fraction of sp³-hybridized carbons (Fsp3) is 0.500. The monoisotopic (exact) mass is 194 g/mol. The maximum Gasteiger partial charge on any atom is 0.118 e. The van der Waals surface area contributed by atoms with Crippen LogP contribution in [-0.2, 0) is 10.3 Å². The molecule has 0 aromatic heterocycles. The van der Waals surface area contributed by atoms with Crippen molar-refractivity contribution in [2.75, 3.05) is 7.11 Å². The average Bonchev–Trinajstić information content (AvgIpc) is 2.16. The molecule has 0 amide bonds. The van der Waals surface area contributed by atoms with Crippen molar-refractivity contribution < 1.29 is 9.84 Å². The molecule has 2 nitrogen and oxygen atoms in total. The molecule has 0 aliphatic heterocycles. The normalized spacial score (nSPS) is 16.4. The van der Waals surface area contributed by atoms with Crippen LogP contribution in [0.2, 0.25) is 0 Å². The van der Waals surface area contributed by atoms with Crippen LogP contribution in [0.5, 0.6) is 0 Å². The zero-order chi connectivity index (χ0) is 10.8. The lowest BCUT2D eigenvalue weighted by atomic mass is 9.81. The van der Waals surface area contributed by atoms with Crippen LogP contribution < -0.4 is 0 Å². The van der Waals surface area contributed by atoms with E-state index in [0.29, 0.717) is 0 Å². The highest BCUT2D eigenvalue weighted by Crippen LogP contribution is 2.35. The van der Waals surface area contributed by atoms with Gasteiger partial charge in [0, 0.05) is 7.11 Å². The molecule has 1 aromatic carbocycles. The summed E-state index contributed by atoms with van der Waals surface area (Å²) in [7, 11) is 1.62. The van der Waals surface area contributed by atoms with Gasteiger partial charge in [0.15, 0.2) is 0 Å². The van der Waals surface area contributed by atoms with E-state index >= 15 is 0 Å². The van der Waals surface area contributed by atoms with E-state index < -0.39 is 11.2 Å². The fourth-order valence-electron chi connectivity index (χ4n) is 1.48. The number of methoxy groups -OCH3 is 1. The van der Waals surface area contributed by atoms with Crippen molar-refractivity contribution in [1.82, 2.24) is 0 Å². The number of hydrogen-bond acceptors (Lipinski definition) is 2. The highest BCUT2D eigenvalue weighted by atomic mass is 16.5. The fourth-order valence-corrected chi connectivity index (χ4v) is 1.48. The molecule has 0 aliphatic carbocycles. The standard InChI is InChI=1S/C12H18O2/c1-11(2,13)12(3,14-4)10-8-6-5-7-9-10/h5-9,13H,1-4H3. The minimum Gasteiger partial charge on any atom is -0.387 e. The Morgan fingerprint density at radius 3 is 1.93 bits per heavy atom. The predicted octanol–water partition coefficient (Wildman–Crippen LogP) is 2.32. The topological polar surface area (TPSA) is 29.5 Å². The lowest BCUT2D eigenvalue weighted by molar-refractivity contribution is -0.147. The molecular formula is C12H18O2. The molecule has 1 unspecified atom stereocenters. The van der Waals surface area contributed by atoms with Crippen molar-refractivity contribution >= 4 is 0 Å². The zero-order valence-corrected chi connectivity index (χ0v) is 9.24. The van der Waals surface area contributed by atoms with Crippen molar-refractivity contribution in [3.63, 3.8) is 0 Å². The summed E-state index contributed by atoms with van der Waals surface area (Å²) >= 11 is 0. The number of ether oxygens (including phenoxy) is 1. The Bertz CT molecular complexity index is 287. The van der Waals surface area contributed by atoms with Crippen LogP contribution in [0.4, 0.5) is 0 Å². The average molecular weight is 194 g/mol. The molecule has 0 fully saturated rings. The Labute approximate surface area is 85.5 Å². The first-order valence-electron chi connectivity index (χ1n) is 4.75. The van der Waals surface area contributed by atoms with Crippen LogP contribution in [-0.4, -0.2) is 17.8 Å². The van der Waals surface area contributed by atoms with Crippen LogP contribution in [0.25, 0.3) is 0 Å². The van der Waals surface area contributed by atoms with Gasteiger partial charge in [0.25, 0.3) is 0 Å². The SMILES string of the molecule is COC(C)(c1ccccc1)C(C)(C)O. The van der Waals surface area contributed by atoms with Gasteiger partial charge in [-0.2, -0.15) is 0 Å². The molecule has 0 aliphatic rings. The molecule has 1 N–H and O–H groups in total. The van der Waals surface area contributed by atoms with E-state index in [1.54, 1.807) is 21.0 Å². The molecule has 14 heavy (non-hydrogen) atoms. The Morgan fingerprint density at radius 1 is 1.07 bits per heavy atom. The molecule has 2 heteroatoms. The van der Waals surface area contributed by atoms with Gasteiger partial charge in [-0.1, -0.05) is 30.3 Å². The van der Waals surface area contributed by atoms with E-state index in [9.17, 15) is 5.11 Å². The minimum absolute atomic E-state index is 0.672. The van der Waals surface area contributed by atoms with E-state index in [-0.39, 0.29) is 0 Å². The van der Waals surface area contributed by atoms with Crippen molar-refractivity contribution in [3.05, 3.63) is 35.9 Å². The predicted molar refractivity (Wildman–Crippen MR) is 57.1 cm³/mol. The molecule has 78 valence electrons. The summed E-state index contributed by atoms with van der Waals surface area (Å²) in [5.74, 6) is 0. The Morgan fingerprint density at radius 2 is 1.57 bits per heavy atom.